The minimum Gasteiger partial charge on any atom is -0.406 e. The van der Waals surface area contributed by atoms with Gasteiger partial charge in [0.05, 0.1) is 6.10 Å². The maximum absolute atomic E-state index is 12.7. The van der Waals surface area contributed by atoms with Gasteiger partial charge in [-0.1, -0.05) is 12.1 Å². The highest BCUT2D eigenvalue weighted by Gasteiger charge is 2.31. The van der Waals surface area contributed by atoms with E-state index in [0.29, 0.717) is 12.1 Å². The van der Waals surface area contributed by atoms with Crippen molar-refractivity contribution in [2.75, 3.05) is 19.6 Å². The van der Waals surface area contributed by atoms with Crippen molar-refractivity contribution in [2.45, 2.75) is 51.4 Å². The molecule has 1 saturated heterocycles. The Kier molecular flexibility index (Phi) is 7.47. The van der Waals surface area contributed by atoms with Crippen LogP contribution in [0.3, 0.4) is 0 Å². The van der Waals surface area contributed by atoms with Crippen LogP contribution in [0.25, 0.3) is 22.0 Å². The van der Waals surface area contributed by atoms with Crippen molar-refractivity contribution in [3.8, 4) is 16.9 Å². The summed E-state index contributed by atoms with van der Waals surface area (Å²) >= 11 is 0. The van der Waals surface area contributed by atoms with Gasteiger partial charge in [0.25, 0.3) is 0 Å². The third kappa shape index (κ3) is 5.72. The Hall–Kier alpha value is -2.59. The summed E-state index contributed by atoms with van der Waals surface area (Å²) in [6.07, 6.45) is -0.598. The molecule has 34 heavy (non-hydrogen) atoms. The molecule has 0 amide bonds. The number of hydrogen-bond acceptors (Lipinski definition) is 5. The minimum absolute atomic E-state index is 0.0790. The van der Waals surface area contributed by atoms with Crippen molar-refractivity contribution in [1.29, 1.82) is 0 Å². The Morgan fingerprint density at radius 2 is 1.79 bits per heavy atom. The van der Waals surface area contributed by atoms with Crippen LogP contribution in [0.2, 0.25) is 0 Å². The van der Waals surface area contributed by atoms with E-state index in [1.165, 1.54) is 12.1 Å². The SMILES string of the molecule is NCCCn1cc(-c2ccc(OC(F)(F)F)cc2CN)c2cc(CN3CCC(O)CC3)ccc21. The first-order chi connectivity index (χ1) is 16.3. The van der Waals surface area contributed by atoms with E-state index in [9.17, 15) is 18.3 Å². The van der Waals surface area contributed by atoms with Crippen molar-refractivity contribution in [1.82, 2.24) is 9.47 Å². The molecule has 184 valence electrons. The lowest BCUT2D eigenvalue weighted by molar-refractivity contribution is -0.274. The molecule has 9 heteroatoms. The highest BCUT2D eigenvalue weighted by molar-refractivity contribution is 5.97. The van der Waals surface area contributed by atoms with Gasteiger partial charge in [0, 0.05) is 55.4 Å². The molecule has 3 aromatic rings. The van der Waals surface area contributed by atoms with E-state index in [-0.39, 0.29) is 18.4 Å². The summed E-state index contributed by atoms with van der Waals surface area (Å²) in [4.78, 5) is 2.33. The number of hydrogen-bond donors (Lipinski definition) is 3. The van der Waals surface area contributed by atoms with Crippen molar-refractivity contribution >= 4 is 10.9 Å². The molecule has 1 aliphatic heterocycles. The Bertz CT molecular complexity index is 1120. The number of nitrogens with two attached hydrogens (primary N) is 2. The molecule has 1 aliphatic rings. The van der Waals surface area contributed by atoms with Crippen LogP contribution in [-0.2, 0) is 19.6 Å². The zero-order valence-corrected chi connectivity index (χ0v) is 19.0. The Morgan fingerprint density at radius 1 is 1.03 bits per heavy atom. The van der Waals surface area contributed by atoms with Gasteiger partial charge in [-0.2, -0.15) is 0 Å². The first kappa shape index (κ1) is 24.5. The van der Waals surface area contributed by atoms with Crippen LogP contribution in [0.1, 0.15) is 30.4 Å². The summed E-state index contributed by atoms with van der Waals surface area (Å²) in [6, 6.07) is 10.7. The van der Waals surface area contributed by atoms with Crippen LogP contribution in [0, 0.1) is 0 Å². The number of piperidine rings is 1. The maximum Gasteiger partial charge on any atom is 0.573 e. The van der Waals surface area contributed by atoms with E-state index in [1.54, 1.807) is 6.07 Å². The van der Waals surface area contributed by atoms with Crippen LogP contribution in [0.5, 0.6) is 5.75 Å². The Labute approximate surface area is 196 Å². The van der Waals surface area contributed by atoms with Crippen molar-refractivity contribution in [3.63, 3.8) is 0 Å². The van der Waals surface area contributed by atoms with Gasteiger partial charge in [-0.25, -0.2) is 0 Å². The summed E-state index contributed by atoms with van der Waals surface area (Å²) in [5, 5.41) is 10.8. The number of rotatable bonds is 8. The predicted octanol–water partition coefficient (Wildman–Crippen LogP) is 3.97. The zero-order valence-electron chi connectivity index (χ0n) is 19.0. The number of aliphatic hydroxyl groups is 1. The average Bonchev–Trinajstić information content (AvgIpc) is 3.15. The topological polar surface area (TPSA) is 89.7 Å². The largest absolute Gasteiger partial charge is 0.573 e. The number of aliphatic hydroxyl groups excluding tert-OH is 1. The summed E-state index contributed by atoms with van der Waals surface area (Å²) in [7, 11) is 0. The summed E-state index contributed by atoms with van der Waals surface area (Å²) in [5.41, 5.74) is 16.1. The fourth-order valence-corrected chi connectivity index (χ4v) is 4.64. The Balaban J connectivity index is 1.73. The number of aryl methyl sites for hydroxylation is 1. The van der Waals surface area contributed by atoms with Gasteiger partial charge in [0.1, 0.15) is 5.75 Å². The number of alkyl halides is 3. The van der Waals surface area contributed by atoms with E-state index < -0.39 is 6.36 Å². The van der Waals surface area contributed by atoms with Crippen molar-refractivity contribution < 1.29 is 23.0 Å². The van der Waals surface area contributed by atoms with E-state index in [2.05, 4.69) is 32.4 Å². The number of likely N-dealkylation sites (tertiary alicyclic amines) is 1. The lowest BCUT2D eigenvalue weighted by Crippen LogP contribution is -2.35. The number of halogens is 3. The maximum atomic E-state index is 12.7. The molecule has 0 bridgehead atoms. The second-order valence-electron chi connectivity index (χ2n) is 8.81. The fraction of sp³-hybridized carbons (Fsp3) is 0.440. The lowest BCUT2D eigenvalue weighted by atomic mass is 9.97. The fourth-order valence-electron chi connectivity index (χ4n) is 4.64. The van der Waals surface area contributed by atoms with Gasteiger partial charge in [-0.15, -0.1) is 13.2 Å². The van der Waals surface area contributed by atoms with Gasteiger partial charge in [-0.3, -0.25) is 4.90 Å². The Morgan fingerprint density at radius 3 is 2.47 bits per heavy atom. The van der Waals surface area contributed by atoms with E-state index in [4.69, 9.17) is 11.5 Å². The molecule has 2 aromatic carbocycles. The monoisotopic (exact) mass is 476 g/mol. The summed E-state index contributed by atoms with van der Waals surface area (Å²) in [5.74, 6) is -0.281. The van der Waals surface area contributed by atoms with Gasteiger partial charge < -0.3 is 25.9 Å². The molecule has 0 spiro atoms. The second-order valence-corrected chi connectivity index (χ2v) is 8.81. The minimum atomic E-state index is -4.76. The van der Waals surface area contributed by atoms with Crippen LogP contribution < -0.4 is 16.2 Å². The zero-order chi connectivity index (χ0) is 24.3. The summed E-state index contributed by atoms with van der Waals surface area (Å²) < 4.78 is 44.3. The van der Waals surface area contributed by atoms with Gasteiger partial charge >= 0.3 is 6.36 Å². The van der Waals surface area contributed by atoms with E-state index in [0.717, 1.165) is 73.0 Å². The predicted molar refractivity (Wildman–Crippen MR) is 126 cm³/mol. The number of aromatic nitrogens is 1. The third-order valence-corrected chi connectivity index (χ3v) is 6.33. The third-order valence-electron chi connectivity index (χ3n) is 6.33. The molecule has 1 aromatic heterocycles. The molecular formula is C25H31F3N4O2. The average molecular weight is 477 g/mol. The number of benzene rings is 2. The molecule has 0 radical (unpaired) electrons. The van der Waals surface area contributed by atoms with Crippen LogP contribution in [0.15, 0.2) is 42.6 Å². The first-order valence-electron chi connectivity index (χ1n) is 11.6. The summed E-state index contributed by atoms with van der Waals surface area (Å²) in [6.45, 7) is 3.85. The van der Waals surface area contributed by atoms with Crippen molar-refractivity contribution in [3.05, 3.63) is 53.7 Å². The first-order valence-corrected chi connectivity index (χ1v) is 11.6. The molecule has 4 rings (SSSR count). The number of ether oxygens (including phenoxy) is 1. The quantitative estimate of drug-likeness (QED) is 0.458. The van der Waals surface area contributed by atoms with Crippen LogP contribution in [0.4, 0.5) is 13.2 Å². The molecule has 0 unspecified atom stereocenters. The van der Waals surface area contributed by atoms with Crippen LogP contribution in [-0.4, -0.2) is 46.7 Å². The normalized spacial score (nSPS) is 15.8. The highest BCUT2D eigenvalue weighted by atomic mass is 19.4. The smallest absolute Gasteiger partial charge is 0.406 e. The van der Waals surface area contributed by atoms with E-state index >= 15 is 0 Å². The molecule has 0 aliphatic carbocycles. The molecule has 5 N–H and O–H groups in total. The number of nitrogens with zero attached hydrogens (tertiary/aromatic N) is 2. The van der Waals surface area contributed by atoms with Crippen LogP contribution >= 0.6 is 0 Å². The van der Waals surface area contributed by atoms with Gasteiger partial charge in [-0.05, 0) is 66.8 Å². The van der Waals surface area contributed by atoms with Gasteiger partial charge in [0.15, 0.2) is 0 Å². The lowest BCUT2D eigenvalue weighted by Gasteiger charge is -2.29. The number of fused-ring (bicyclic) bond motifs is 1. The molecular weight excluding hydrogens is 445 g/mol. The highest BCUT2D eigenvalue weighted by Crippen LogP contribution is 2.36. The molecule has 2 heterocycles. The van der Waals surface area contributed by atoms with E-state index in [1.807, 2.05) is 6.20 Å². The van der Waals surface area contributed by atoms with Crippen molar-refractivity contribution in [2.24, 2.45) is 11.5 Å². The molecule has 0 saturated carbocycles. The second kappa shape index (κ2) is 10.4. The standard InChI is InChI=1S/C25H31F3N4O2/c26-25(27,28)34-20-3-4-21(18(13-20)14-30)23-16-32(9-1-8-29)24-5-2-17(12-22(23)24)15-31-10-6-19(33)7-11-31/h2-5,12-13,16,19,33H,1,6-11,14-15,29-30H2. The molecule has 6 nitrogen and oxygen atoms in total. The van der Waals surface area contributed by atoms with Gasteiger partial charge in [0.2, 0.25) is 0 Å². The molecule has 1 fully saturated rings. The molecule has 0 atom stereocenters.